The molecule has 1 N–H and O–H groups in total. The molecule has 3 nitrogen and oxygen atoms in total. The molecule has 2 heterocycles. The van der Waals surface area contributed by atoms with Crippen molar-refractivity contribution in [3.63, 3.8) is 0 Å². The first-order valence-corrected chi connectivity index (χ1v) is 9.57. The highest BCUT2D eigenvalue weighted by Gasteiger charge is 2.35. The van der Waals surface area contributed by atoms with E-state index >= 15 is 0 Å². The molecular weight excluding hydrogens is 308 g/mol. The molecule has 2 fully saturated rings. The number of nitrogens with zero attached hydrogens (tertiary/aromatic N) is 2. The number of fused-ring (bicyclic) bond motifs is 1. The number of aliphatic hydroxyl groups is 1. The summed E-state index contributed by atoms with van der Waals surface area (Å²) in [6, 6.07) is 20.7. The average molecular weight is 336 g/mol. The topological polar surface area (TPSA) is 26.7 Å². The van der Waals surface area contributed by atoms with Crippen molar-refractivity contribution in [2.45, 2.75) is 37.9 Å². The Morgan fingerprint density at radius 2 is 1.68 bits per heavy atom. The van der Waals surface area contributed by atoms with Crippen LogP contribution in [0, 0.1) is 0 Å². The molecule has 0 aromatic heterocycles. The minimum absolute atomic E-state index is 0.284. The van der Waals surface area contributed by atoms with E-state index in [1.165, 1.54) is 36.1 Å². The van der Waals surface area contributed by atoms with Crippen molar-refractivity contribution >= 4 is 0 Å². The minimum atomic E-state index is 0.284. The monoisotopic (exact) mass is 336 g/mol. The van der Waals surface area contributed by atoms with Gasteiger partial charge in [0, 0.05) is 38.3 Å². The Morgan fingerprint density at radius 1 is 0.920 bits per heavy atom. The lowest BCUT2D eigenvalue weighted by molar-refractivity contribution is 0.0333. The maximum Gasteiger partial charge on any atom is 0.0446 e. The highest BCUT2D eigenvalue weighted by molar-refractivity contribution is 5.63. The van der Waals surface area contributed by atoms with Crippen LogP contribution in [-0.4, -0.2) is 53.2 Å². The predicted octanol–water partition coefficient (Wildman–Crippen LogP) is 3.38. The van der Waals surface area contributed by atoms with Gasteiger partial charge in [0.25, 0.3) is 0 Å². The summed E-state index contributed by atoms with van der Waals surface area (Å²) in [7, 11) is 0. The van der Waals surface area contributed by atoms with Crippen molar-refractivity contribution in [3.8, 4) is 11.1 Å². The first-order chi connectivity index (χ1) is 12.3. The maximum absolute atomic E-state index is 9.46. The minimum Gasteiger partial charge on any atom is -0.396 e. The molecule has 2 saturated heterocycles. The number of piperazine rings is 1. The standard InChI is InChI=1S/C22H28N2O/c25-14-12-22-16-23-13-4-7-21(23)17-24(22)15-18-8-10-20(11-9-18)19-5-2-1-3-6-19/h1-3,5-6,8-11,21-22,25H,4,7,12-17H2/t21-,22-/m0/s1. The molecule has 0 radical (unpaired) electrons. The third kappa shape index (κ3) is 3.79. The van der Waals surface area contributed by atoms with Gasteiger partial charge in [0.1, 0.15) is 0 Å². The van der Waals surface area contributed by atoms with Crippen LogP contribution in [-0.2, 0) is 6.54 Å². The lowest BCUT2D eigenvalue weighted by Gasteiger charge is -2.43. The van der Waals surface area contributed by atoms with E-state index in [9.17, 15) is 5.11 Å². The number of hydrogen-bond donors (Lipinski definition) is 1. The zero-order valence-electron chi connectivity index (χ0n) is 14.8. The highest BCUT2D eigenvalue weighted by Crippen LogP contribution is 2.27. The highest BCUT2D eigenvalue weighted by atomic mass is 16.3. The molecule has 2 aliphatic heterocycles. The zero-order valence-corrected chi connectivity index (χ0v) is 14.8. The van der Waals surface area contributed by atoms with Crippen LogP contribution in [0.25, 0.3) is 11.1 Å². The summed E-state index contributed by atoms with van der Waals surface area (Å²) in [6.07, 6.45) is 3.54. The smallest absolute Gasteiger partial charge is 0.0446 e. The van der Waals surface area contributed by atoms with Crippen molar-refractivity contribution in [1.29, 1.82) is 0 Å². The van der Waals surface area contributed by atoms with Crippen LogP contribution in [0.5, 0.6) is 0 Å². The fourth-order valence-corrected chi connectivity index (χ4v) is 4.43. The van der Waals surface area contributed by atoms with E-state index < -0.39 is 0 Å². The van der Waals surface area contributed by atoms with E-state index in [0.717, 1.165) is 32.1 Å². The second-order valence-electron chi connectivity index (χ2n) is 7.45. The number of benzene rings is 2. The lowest BCUT2D eigenvalue weighted by Crippen LogP contribution is -2.55. The number of rotatable bonds is 5. The van der Waals surface area contributed by atoms with Crippen molar-refractivity contribution in [3.05, 3.63) is 60.2 Å². The second-order valence-corrected chi connectivity index (χ2v) is 7.45. The average Bonchev–Trinajstić information content (AvgIpc) is 3.11. The van der Waals surface area contributed by atoms with Gasteiger partial charge in [-0.05, 0) is 42.5 Å². The van der Waals surface area contributed by atoms with Gasteiger partial charge in [0.05, 0.1) is 0 Å². The number of hydrogen-bond acceptors (Lipinski definition) is 3. The summed E-state index contributed by atoms with van der Waals surface area (Å²) in [5, 5.41) is 9.46. The van der Waals surface area contributed by atoms with Crippen LogP contribution < -0.4 is 0 Å². The fourth-order valence-electron chi connectivity index (χ4n) is 4.43. The van der Waals surface area contributed by atoms with Crippen molar-refractivity contribution in [1.82, 2.24) is 9.80 Å². The molecule has 0 aliphatic carbocycles. The third-order valence-electron chi connectivity index (χ3n) is 5.82. The molecule has 2 atom stereocenters. The lowest BCUT2D eigenvalue weighted by atomic mass is 10.0. The quantitative estimate of drug-likeness (QED) is 0.907. The molecule has 25 heavy (non-hydrogen) atoms. The first-order valence-electron chi connectivity index (χ1n) is 9.57. The maximum atomic E-state index is 9.46. The summed E-state index contributed by atoms with van der Waals surface area (Å²) in [5.41, 5.74) is 3.91. The van der Waals surface area contributed by atoms with Crippen LogP contribution in [0.3, 0.4) is 0 Å². The SMILES string of the molecule is OCC[C@H]1CN2CCC[C@H]2CN1Cc1ccc(-c2ccccc2)cc1. The predicted molar refractivity (Wildman–Crippen MR) is 102 cm³/mol. The Hall–Kier alpha value is -1.68. The molecular formula is C22H28N2O. The van der Waals surface area contributed by atoms with Crippen molar-refractivity contribution in [2.75, 3.05) is 26.2 Å². The normalized spacial score (nSPS) is 24.4. The molecule has 2 aromatic rings. The zero-order chi connectivity index (χ0) is 17.1. The Kier molecular flexibility index (Phi) is 5.16. The van der Waals surface area contributed by atoms with Gasteiger partial charge in [0.15, 0.2) is 0 Å². The molecule has 0 unspecified atom stereocenters. The van der Waals surface area contributed by atoms with E-state index in [1.807, 2.05) is 0 Å². The van der Waals surface area contributed by atoms with Crippen LogP contribution in [0.2, 0.25) is 0 Å². The van der Waals surface area contributed by atoms with Crippen LogP contribution in [0.15, 0.2) is 54.6 Å². The Balaban J connectivity index is 1.46. The molecule has 2 aliphatic rings. The molecule has 0 spiro atoms. The largest absolute Gasteiger partial charge is 0.396 e. The van der Waals surface area contributed by atoms with Gasteiger partial charge in [-0.15, -0.1) is 0 Å². The summed E-state index contributed by atoms with van der Waals surface area (Å²) in [6.45, 7) is 4.78. The van der Waals surface area contributed by atoms with Gasteiger partial charge in [-0.2, -0.15) is 0 Å². The van der Waals surface area contributed by atoms with Crippen molar-refractivity contribution in [2.24, 2.45) is 0 Å². The molecule has 0 bridgehead atoms. The molecule has 2 aromatic carbocycles. The van der Waals surface area contributed by atoms with E-state index in [2.05, 4.69) is 64.4 Å². The van der Waals surface area contributed by atoms with E-state index in [4.69, 9.17) is 0 Å². The first kappa shape index (κ1) is 16.8. The van der Waals surface area contributed by atoms with Gasteiger partial charge in [-0.25, -0.2) is 0 Å². The Bertz CT molecular complexity index is 670. The molecule has 0 saturated carbocycles. The molecule has 4 rings (SSSR count). The Labute approximate surface area is 150 Å². The van der Waals surface area contributed by atoms with E-state index in [-0.39, 0.29) is 6.61 Å². The third-order valence-corrected chi connectivity index (χ3v) is 5.82. The summed E-state index contributed by atoms with van der Waals surface area (Å²) < 4.78 is 0. The van der Waals surface area contributed by atoms with Crippen LogP contribution in [0.4, 0.5) is 0 Å². The van der Waals surface area contributed by atoms with Gasteiger partial charge in [-0.3, -0.25) is 9.80 Å². The number of aliphatic hydroxyl groups excluding tert-OH is 1. The van der Waals surface area contributed by atoms with Gasteiger partial charge in [-0.1, -0.05) is 54.6 Å². The van der Waals surface area contributed by atoms with Gasteiger partial charge < -0.3 is 5.11 Å². The summed E-state index contributed by atoms with van der Waals surface area (Å²) >= 11 is 0. The molecule has 3 heteroatoms. The van der Waals surface area contributed by atoms with E-state index in [0.29, 0.717) is 6.04 Å². The van der Waals surface area contributed by atoms with Gasteiger partial charge >= 0.3 is 0 Å². The van der Waals surface area contributed by atoms with Crippen LogP contribution >= 0.6 is 0 Å². The molecule has 0 amide bonds. The second kappa shape index (κ2) is 7.69. The summed E-state index contributed by atoms with van der Waals surface area (Å²) in [5.74, 6) is 0. The van der Waals surface area contributed by atoms with Crippen LogP contribution in [0.1, 0.15) is 24.8 Å². The Morgan fingerprint density at radius 3 is 2.44 bits per heavy atom. The summed E-state index contributed by atoms with van der Waals surface area (Å²) in [4.78, 5) is 5.23. The fraction of sp³-hybridized carbons (Fsp3) is 0.455. The van der Waals surface area contributed by atoms with Crippen molar-refractivity contribution < 1.29 is 5.11 Å². The van der Waals surface area contributed by atoms with E-state index in [1.54, 1.807) is 0 Å². The van der Waals surface area contributed by atoms with Gasteiger partial charge in [0.2, 0.25) is 0 Å². The molecule has 132 valence electrons.